The molecule has 0 saturated heterocycles. The highest BCUT2D eigenvalue weighted by molar-refractivity contribution is 5.66. The first kappa shape index (κ1) is 26.6. The minimum absolute atomic E-state index is 0.0367. The Morgan fingerprint density at radius 3 is 1.82 bits per heavy atom. The zero-order chi connectivity index (χ0) is 25.3. The van der Waals surface area contributed by atoms with E-state index in [1.165, 1.54) is 40.2 Å². The minimum Gasteiger partial charge on any atom is -0.504 e. The van der Waals surface area contributed by atoms with Crippen molar-refractivity contribution in [1.82, 2.24) is 0 Å². The number of phenols is 3. The van der Waals surface area contributed by atoms with Gasteiger partial charge in [-0.3, -0.25) is 9.59 Å². The number of hydrogen-bond donors (Lipinski definition) is 3. The predicted octanol–water partition coefficient (Wildman–Crippen LogP) is 3.64. The molecule has 2 aromatic rings. The number of ether oxygens (including phenoxy) is 4. The molecule has 0 aromatic heterocycles. The van der Waals surface area contributed by atoms with E-state index in [0.717, 1.165) is 5.56 Å². The molecule has 0 fully saturated rings. The van der Waals surface area contributed by atoms with Crippen LogP contribution in [0.4, 0.5) is 0 Å². The van der Waals surface area contributed by atoms with Gasteiger partial charge in [0.1, 0.15) is 12.2 Å². The second-order valence-electron chi connectivity index (χ2n) is 7.95. The van der Waals surface area contributed by atoms with Gasteiger partial charge in [0.05, 0.1) is 14.2 Å². The second-order valence-corrected chi connectivity index (χ2v) is 7.95. The second kappa shape index (κ2) is 12.6. The Balaban J connectivity index is 2.10. The summed E-state index contributed by atoms with van der Waals surface area (Å²) in [5.41, 5.74) is 1.58. The first-order chi connectivity index (χ1) is 16.1. The zero-order valence-corrected chi connectivity index (χ0v) is 19.9. The number of carbonyl (C=O) groups is 2. The molecule has 2 atom stereocenters. The van der Waals surface area contributed by atoms with E-state index in [2.05, 4.69) is 0 Å². The summed E-state index contributed by atoms with van der Waals surface area (Å²) >= 11 is 0. The third-order valence-corrected chi connectivity index (χ3v) is 5.28. The topological polar surface area (TPSA) is 132 Å². The average molecular weight is 477 g/mol. The molecule has 2 unspecified atom stereocenters. The van der Waals surface area contributed by atoms with Crippen molar-refractivity contribution < 1.29 is 43.9 Å². The highest BCUT2D eigenvalue weighted by atomic mass is 16.6. The van der Waals surface area contributed by atoms with Gasteiger partial charge in [0, 0.05) is 20.3 Å². The van der Waals surface area contributed by atoms with Crippen molar-refractivity contribution in [2.45, 2.75) is 58.2 Å². The molecule has 0 radical (unpaired) electrons. The van der Waals surface area contributed by atoms with Crippen molar-refractivity contribution in [3.63, 3.8) is 0 Å². The number of aryl methyl sites for hydroxylation is 2. The van der Waals surface area contributed by atoms with Crippen LogP contribution in [-0.2, 0) is 31.9 Å². The molecule has 0 aliphatic heterocycles. The first-order valence-corrected chi connectivity index (χ1v) is 10.9. The number of rotatable bonds is 12. The van der Waals surface area contributed by atoms with E-state index in [1.807, 2.05) is 0 Å². The van der Waals surface area contributed by atoms with E-state index in [0.29, 0.717) is 37.0 Å². The van der Waals surface area contributed by atoms with Crippen LogP contribution in [0.5, 0.6) is 28.7 Å². The Kier molecular flexibility index (Phi) is 9.85. The fraction of sp³-hybridized carbons (Fsp3) is 0.440. The molecule has 186 valence electrons. The van der Waals surface area contributed by atoms with E-state index in [4.69, 9.17) is 18.9 Å². The fourth-order valence-electron chi connectivity index (χ4n) is 3.69. The van der Waals surface area contributed by atoms with Crippen LogP contribution in [0.15, 0.2) is 30.3 Å². The van der Waals surface area contributed by atoms with E-state index in [-0.39, 0.29) is 29.4 Å². The van der Waals surface area contributed by atoms with Gasteiger partial charge in [-0.05, 0) is 61.1 Å². The number of hydrogen-bond acceptors (Lipinski definition) is 9. The smallest absolute Gasteiger partial charge is 0.302 e. The summed E-state index contributed by atoms with van der Waals surface area (Å²) in [5.74, 6) is -1.02. The molecule has 0 spiro atoms. The summed E-state index contributed by atoms with van der Waals surface area (Å²) in [4.78, 5) is 23.4. The van der Waals surface area contributed by atoms with E-state index in [1.54, 1.807) is 18.2 Å². The molecule has 0 aliphatic carbocycles. The molecule has 9 heteroatoms. The summed E-state index contributed by atoms with van der Waals surface area (Å²) in [6.07, 6.45) is 1.07. The van der Waals surface area contributed by atoms with Crippen molar-refractivity contribution in [2.24, 2.45) is 0 Å². The highest BCUT2D eigenvalue weighted by Gasteiger charge is 2.22. The molecular weight excluding hydrogens is 444 g/mol. The van der Waals surface area contributed by atoms with Crippen molar-refractivity contribution in [3.8, 4) is 28.7 Å². The lowest BCUT2D eigenvalue weighted by atomic mass is 9.98. The van der Waals surface area contributed by atoms with Crippen LogP contribution in [0.1, 0.15) is 44.2 Å². The van der Waals surface area contributed by atoms with Crippen molar-refractivity contribution >= 4 is 11.9 Å². The Labute approximate surface area is 198 Å². The van der Waals surface area contributed by atoms with Gasteiger partial charge in [-0.25, -0.2) is 0 Å². The summed E-state index contributed by atoms with van der Waals surface area (Å²) in [6, 6.07) is 8.04. The van der Waals surface area contributed by atoms with Gasteiger partial charge in [-0.2, -0.15) is 0 Å². The first-order valence-electron chi connectivity index (χ1n) is 10.9. The molecule has 0 aliphatic rings. The maximum absolute atomic E-state index is 11.7. The Bertz CT molecular complexity index is 987. The van der Waals surface area contributed by atoms with Gasteiger partial charge in [0.25, 0.3) is 0 Å². The van der Waals surface area contributed by atoms with E-state index >= 15 is 0 Å². The summed E-state index contributed by atoms with van der Waals surface area (Å²) < 4.78 is 21.2. The number of benzene rings is 2. The van der Waals surface area contributed by atoms with Crippen LogP contribution in [0.2, 0.25) is 0 Å². The van der Waals surface area contributed by atoms with Gasteiger partial charge >= 0.3 is 11.9 Å². The van der Waals surface area contributed by atoms with Crippen LogP contribution in [-0.4, -0.2) is 53.7 Å². The Morgan fingerprint density at radius 2 is 1.29 bits per heavy atom. The molecular formula is C25H32O9. The molecule has 2 rings (SSSR count). The van der Waals surface area contributed by atoms with Crippen LogP contribution in [0, 0.1) is 0 Å². The standard InChI is InChI=1S/C25H32O9/c1-15(26)33-19(8-5-17-7-10-21(28)23(12-17)31-3)14-20(34-16(2)27)9-6-18-11-22(29)25(30)24(13-18)32-4/h7,10-13,19-20,28-30H,5-6,8-9,14H2,1-4H3. The Hall–Kier alpha value is -3.62. The fourth-order valence-corrected chi connectivity index (χ4v) is 3.69. The minimum atomic E-state index is -0.543. The lowest BCUT2D eigenvalue weighted by Gasteiger charge is -2.24. The SMILES string of the molecule is COc1cc(CCC(CC(CCc2cc(O)c(O)c(OC)c2)OC(C)=O)OC(C)=O)ccc1O. The number of aromatic hydroxyl groups is 3. The lowest BCUT2D eigenvalue weighted by Crippen LogP contribution is -2.27. The maximum atomic E-state index is 11.7. The van der Waals surface area contributed by atoms with Crippen molar-refractivity contribution in [3.05, 3.63) is 41.5 Å². The Morgan fingerprint density at radius 1 is 0.765 bits per heavy atom. The van der Waals surface area contributed by atoms with Gasteiger partial charge in [0.15, 0.2) is 23.0 Å². The normalized spacial score (nSPS) is 12.5. The molecule has 2 aromatic carbocycles. The van der Waals surface area contributed by atoms with Gasteiger partial charge in [0.2, 0.25) is 5.75 Å². The predicted molar refractivity (Wildman–Crippen MR) is 123 cm³/mol. The van der Waals surface area contributed by atoms with Crippen LogP contribution < -0.4 is 9.47 Å². The number of methoxy groups -OCH3 is 2. The van der Waals surface area contributed by atoms with Crippen LogP contribution in [0.3, 0.4) is 0 Å². The van der Waals surface area contributed by atoms with E-state index in [9.17, 15) is 24.9 Å². The molecule has 0 heterocycles. The molecule has 34 heavy (non-hydrogen) atoms. The number of phenolic OH excluding ortho intramolecular Hbond substituents is 3. The number of carbonyl (C=O) groups excluding carboxylic acids is 2. The van der Waals surface area contributed by atoms with Crippen molar-refractivity contribution in [1.29, 1.82) is 0 Å². The van der Waals surface area contributed by atoms with Gasteiger partial charge in [-0.1, -0.05) is 6.07 Å². The summed E-state index contributed by atoms with van der Waals surface area (Å²) in [5, 5.41) is 29.5. The monoisotopic (exact) mass is 476 g/mol. The van der Waals surface area contributed by atoms with Gasteiger partial charge < -0.3 is 34.3 Å². The van der Waals surface area contributed by atoms with Crippen LogP contribution >= 0.6 is 0 Å². The van der Waals surface area contributed by atoms with Crippen LogP contribution in [0.25, 0.3) is 0 Å². The molecule has 9 nitrogen and oxygen atoms in total. The maximum Gasteiger partial charge on any atom is 0.302 e. The van der Waals surface area contributed by atoms with E-state index < -0.39 is 24.1 Å². The quantitative estimate of drug-likeness (QED) is 0.310. The summed E-state index contributed by atoms with van der Waals surface area (Å²) in [7, 11) is 2.85. The van der Waals surface area contributed by atoms with Gasteiger partial charge in [-0.15, -0.1) is 0 Å². The lowest BCUT2D eigenvalue weighted by molar-refractivity contribution is -0.153. The zero-order valence-electron chi connectivity index (χ0n) is 19.9. The highest BCUT2D eigenvalue weighted by Crippen LogP contribution is 2.36. The average Bonchev–Trinajstić information content (AvgIpc) is 2.78. The third kappa shape index (κ3) is 8.06. The third-order valence-electron chi connectivity index (χ3n) is 5.28. The molecule has 0 bridgehead atoms. The number of esters is 2. The molecule has 3 N–H and O–H groups in total. The van der Waals surface area contributed by atoms with Crippen molar-refractivity contribution in [2.75, 3.05) is 14.2 Å². The summed E-state index contributed by atoms with van der Waals surface area (Å²) in [6.45, 7) is 2.63. The largest absolute Gasteiger partial charge is 0.504 e. The molecule has 0 saturated carbocycles. The molecule has 0 amide bonds.